The third-order valence-corrected chi connectivity index (χ3v) is 8.50. The fourth-order valence-corrected chi connectivity index (χ4v) is 5.52. The van der Waals surface area contributed by atoms with Crippen LogP contribution in [0, 0.1) is 6.92 Å². The minimum absolute atomic E-state index is 0.228. The van der Waals surface area contributed by atoms with Gasteiger partial charge in [-0.1, -0.05) is 55.8 Å². The molecular weight excluding hydrogens is 492 g/mol. The summed E-state index contributed by atoms with van der Waals surface area (Å²) in [6.07, 6.45) is 0. The fraction of sp³-hybridized carbons (Fsp3) is 0.200. The average molecular weight is 521 g/mol. The van der Waals surface area contributed by atoms with E-state index in [0.29, 0.717) is 17.4 Å². The highest BCUT2D eigenvalue weighted by molar-refractivity contribution is 7.91. The molecule has 36 heavy (non-hydrogen) atoms. The summed E-state index contributed by atoms with van der Waals surface area (Å²) in [5.74, 6) is 2.39. The lowest BCUT2D eigenvalue weighted by Crippen LogP contribution is -2.19. The first-order valence-corrected chi connectivity index (χ1v) is 13.6. The van der Waals surface area contributed by atoms with Gasteiger partial charge in [0.05, 0.1) is 22.8 Å². The first-order chi connectivity index (χ1) is 17.1. The van der Waals surface area contributed by atoms with Gasteiger partial charge in [0, 0.05) is 11.0 Å². The molecule has 0 amide bonds. The average Bonchev–Trinajstić information content (AvgIpc) is 2.89. The molecule has 4 nitrogen and oxygen atoms in total. The highest BCUT2D eigenvalue weighted by Crippen LogP contribution is 2.36. The molecule has 0 radical (unpaired) electrons. The van der Waals surface area contributed by atoms with Gasteiger partial charge >= 0.3 is 0 Å². The number of hydrogen-bond acceptors (Lipinski definition) is 4. The van der Waals surface area contributed by atoms with Crippen LogP contribution in [-0.2, 0) is 21.1 Å². The summed E-state index contributed by atoms with van der Waals surface area (Å²) in [4.78, 5) is 0.501. The number of halogens is 1. The predicted octanol–water partition coefficient (Wildman–Crippen LogP) is 7.69. The lowest BCUT2D eigenvalue weighted by molar-refractivity contribution is 0.410. The number of benzene rings is 4. The Labute approximate surface area is 218 Å². The van der Waals surface area contributed by atoms with Gasteiger partial charge < -0.3 is 9.47 Å². The molecule has 6 heteroatoms. The zero-order valence-corrected chi connectivity index (χ0v) is 22.4. The number of methoxy groups -OCH3 is 1. The maximum Gasteiger partial charge on any atom is 0.206 e. The highest BCUT2D eigenvalue weighted by atomic mass is 35.5. The smallest absolute Gasteiger partial charge is 0.206 e. The second-order valence-electron chi connectivity index (χ2n) is 9.20. The topological polar surface area (TPSA) is 52.6 Å². The summed E-state index contributed by atoms with van der Waals surface area (Å²) < 4.78 is 37.1. The van der Waals surface area contributed by atoms with Crippen LogP contribution in [-0.4, -0.2) is 15.5 Å². The van der Waals surface area contributed by atoms with E-state index in [4.69, 9.17) is 21.1 Å². The monoisotopic (exact) mass is 520 g/mol. The van der Waals surface area contributed by atoms with Crippen molar-refractivity contribution in [1.29, 1.82) is 0 Å². The lowest BCUT2D eigenvalue weighted by atomic mass is 9.77. The van der Waals surface area contributed by atoms with E-state index >= 15 is 0 Å². The van der Waals surface area contributed by atoms with Crippen LogP contribution in [0.1, 0.15) is 36.1 Å². The summed E-state index contributed by atoms with van der Waals surface area (Å²) >= 11 is 6.12. The summed E-state index contributed by atoms with van der Waals surface area (Å²) in [6, 6.07) is 27.3. The molecule has 0 saturated heterocycles. The largest absolute Gasteiger partial charge is 0.496 e. The van der Waals surface area contributed by atoms with Gasteiger partial charge in [-0.15, -0.1) is 11.6 Å². The molecule has 0 aliphatic heterocycles. The van der Waals surface area contributed by atoms with Crippen LogP contribution in [0.3, 0.4) is 0 Å². The lowest BCUT2D eigenvalue weighted by Gasteiger charge is -2.27. The Bertz CT molecular complexity index is 1440. The first-order valence-electron chi connectivity index (χ1n) is 11.6. The van der Waals surface area contributed by atoms with Crippen LogP contribution in [0.2, 0.25) is 0 Å². The van der Waals surface area contributed by atoms with Gasteiger partial charge in [0.1, 0.15) is 17.2 Å². The Balaban J connectivity index is 1.50. The summed E-state index contributed by atoms with van der Waals surface area (Å²) in [7, 11) is -1.93. The molecular formula is C30H29ClO4S. The van der Waals surface area contributed by atoms with Crippen LogP contribution in [0.4, 0.5) is 0 Å². The van der Waals surface area contributed by atoms with Crippen molar-refractivity contribution in [2.24, 2.45) is 0 Å². The normalized spacial score (nSPS) is 11.8. The molecule has 0 N–H and O–H groups in total. The molecule has 0 aromatic heterocycles. The molecule has 4 rings (SSSR count). The third-order valence-electron chi connectivity index (χ3n) is 6.42. The zero-order chi connectivity index (χ0) is 25.9. The summed E-state index contributed by atoms with van der Waals surface area (Å²) in [5.41, 5.74) is 3.98. The number of aryl methyl sites for hydroxylation is 1. The first kappa shape index (κ1) is 25.8. The highest BCUT2D eigenvalue weighted by Gasteiger charge is 2.24. The molecule has 186 valence electrons. The Morgan fingerprint density at radius 2 is 1.25 bits per heavy atom. The van der Waals surface area contributed by atoms with Gasteiger partial charge in [0.15, 0.2) is 0 Å². The minimum Gasteiger partial charge on any atom is -0.496 e. The quantitative estimate of drug-likeness (QED) is 0.223. The molecule has 0 atom stereocenters. The number of rotatable bonds is 8. The summed E-state index contributed by atoms with van der Waals surface area (Å²) in [6.45, 7) is 6.25. The molecule has 0 heterocycles. The standard InChI is InChI=1S/C30H29ClO4S/c1-21-5-14-27(15-6-21)36(32,33)28-16-12-26(13-17-28)35-25-10-7-23(8-11-25)30(2,3)24-9-18-29(34-4)22(19-24)20-31/h5-19H,20H2,1-4H3. The van der Waals surface area contributed by atoms with Crippen LogP contribution in [0.25, 0.3) is 0 Å². The van der Waals surface area contributed by atoms with Crippen molar-refractivity contribution in [3.8, 4) is 17.2 Å². The Morgan fingerprint density at radius 3 is 1.78 bits per heavy atom. The fourth-order valence-electron chi connectivity index (χ4n) is 4.05. The van der Waals surface area contributed by atoms with Crippen LogP contribution < -0.4 is 9.47 Å². The number of alkyl halides is 1. The predicted molar refractivity (Wildman–Crippen MR) is 144 cm³/mol. The second-order valence-corrected chi connectivity index (χ2v) is 11.4. The van der Waals surface area contributed by atoms with Crippen LogP contribution in [0.15, 0.2) is 101 Å². The molecule has 0 aliphatic carbocycles. The van der Waals surface area contributed by atoms with Crippen LogP contribution >= 0.6 is 11.6 Å². The van der Waals surface area contributed by atoms with Crippen LogP contribution in [0.5, 0.6) is 17.2 Å². The van der Waals surface area contributed by atoms with Crippen molar-refractivity contribution in [1.82, 2.24) is 0 Å². The molecule has 0 bridgehead atoms. The van der Waals surface area contributed by atoms with E-state index < -0.39 is 9.84 Å². The molecule has 4 aromatic rings. The van der Waals surface area contributed by atoms with E-state index in [9.17, 15) is 8.42 Å². The summed E-state index contributed by atoms with van der Waals surface area (Å²) in [5, 5.41) is 0. The minimum atomic E-state index is -3.58. The van der Waals surface area contributed by atoms with E-state index in [1.807, 2.05) is 37.3 Å². The Hall–Kier alpha value is -3.28. The van der Waals surface area contributed by atoms with Gasteiger partial charge in [-0.05, 0) is 72.6 Å². The van der Waals surface area contributed by atoms with E-state index in [-0.39, 0.29) is 15.2 Å². The molecule has 0 spiro atoms. The van der Waals surface area contributed by atoms with E-state index in [1.54, 1.807) is 55.6 Å². The Kier molecular flexibility index (Phi) is 7.43. The van der Waals surface area contributed by atoms with Crippen molar-refractivity contribution in [3.05, 3.63) is 113 Å². The molecule has 0 aliphatic rings. The van der Waals surface area contributed by atoms with E-state index in [1.165, 1.54) is 0 Å². The second kappa shape index (κ2) is 10.4. The SMILES string of the molecule is COc1ccc(C(C)(C)c2ccc(Oc3ccc(S(=O)(=O)c4ccc(C)cc4)cc3)cc2)cc1CCl. The van der Waals surface area contributed by atoms with Crippen molar-refractivity contribution in [2.45, 2.75) is 41.9 Å². The molecule has 0 fully saturated rings. The van der Waals surface area contributed by atoms with Gasteiger partial charge in [-0.3, -0.25) is 0 Å². The van der Waals surface area contributed by atoms with E-state index in [0.717, 1.165) is 28.0 Å². The molecule has 0 unspecified atom stereocenters. The Morgan fingerprint density at radius 1 is 0.750 bits per heavy atom. The van der Waals surface area contributed by atoms with Gasteiger partial charge in [0.2, 0.25) is 9.84 Å². The third kappa shape index (κ3) is 5.28. The number of ether oxygens (including phenoxy) is 2. The maximum atomic E-state index is 12.9. The van der Waals surface area contributed by atoms with E-state index in [2.05, 4.69) is 26.0 Å². The number of sulfone groups is 1. The number of hydrogen-bond donors (Lipinski definition) is 0. The molecule has 0 saturated carbocycles. The van der Waals surface area contributed by atoms with Gasteiger partial charge in [0.25, 0.3) is 0 Å². The van der Waals surface area contributed by atoms with Crippen molar-refractivity contribution in [3.63, 3.8) is 0 Å². The zero-order valence-electron chi connectivity index (χ0n) is 20.8. The maximum absolute atomic E-state index is 12.9. The van der Waals surface area contributed by atoms with Crippen molar-refractivity contribution in [2.75, 3.05) is 7.11 Å². The molecule has 4 aromatic carbocycles. The van der Waals surface area contributed by atoms with Crippen molar-refractivity contribution >= 4 is 21.4 Å². The van der Waals surface area contributed by atoms with Gasteiger partial charge in [-0.2, -0.15) is 0 Å². The van der Waals surface area contributed by atoms with Gasteiger partial charge in [-0.25, -0.2) is 8.42 Å². The van der Waals surface area contributed by atoms with Crippen molar-refractivity contribution < 1.29 is 17.9 Å².